The number of carbonyl (C=O) groups excluding carboxylic acids is 1. The summed E-state index contributed by atoms with van der Waals surface area (Å²) < 4.78 is 12.4. The molecule has 0 saturated heterocycles. The molecule has 0 fully saturated rings. The van der Waals surface area contributed by atoms with E-state index in [-0.39, 0.29) is 12.1 Å². The van der Waals surface area contributed by atoms with E-state index in [9.17, 15) is 4.79 Å². The van der Waals surface area contributed by atoms with E-state index in [1.165, 1.54) is 0 Å². The van der Waals surface area contributed by atoms with Crippen molar-refractivity contribution in [3.63, 3.8) is 0 Å². The van der Waals surface area contributed by atoms with E-state index in [4.69, 9.17) is 31.6 Å². The van der Waals surface area contributed by atoms with Crippen molar-refractivity contribution in [3.05, 3.63) is 211 Å². The monoisotopic (exact) mass is 1030 g/mol. The first-order valence-corrected chi connectivity index (χ1v) is 24.5. The number of carbonyl (C=O) groups is 2. The molecule has 0 saturated carbocycles. The van der Waals surface area contributed by atoms with Crippen LogP contribution in [0.25, 0.3) is 17.1 Å². The van der Waals surface area contributed by atoms with Gasteiger partial charge in [-0.1, -0.05) is 78.9 Å². The van der Waals surface area contributed by atoms with E-state index in [2.05, 4.69) is 79.3 Å². The number of aromatic nitrogens is 6. The second kappa shape index (κ2) is 24.5. The molecule has 17 nitrogen and oxygen atoms in total. The Morgan fingerprint density at radius 3 is 1.67 bits per heavy atom. The number of ketones is 1. The van der Waals surface area contributed by atoms with Gasteiger partial charge in [-0.25, -0.2) is 24.9 Å². The summed E-state index contributed by atoms with van der Waals surface area (Å²) in [6.07, 6.45) is 11.7. The number of aliphatic carboxylic acids is 1. The number of ether oxygens (including phenoxy) is 2. The number of methoxy groups -OCH3 is 2. The standard InChI is InChI=1S/C16H18N4O2.C14H10N4.C13H10N2O.C13H10N2S.C2H4O2/c1-21-14(22-2)10-18-15-11-6-3-4-7-12(11)19-16-13(20-15)8-5-9-17-16;1-2-5-11-10(4-1)14-16-8-9-18(14)12-6-3-7-15-13(12)17-11;2*16-12-8-9-4-3-7-14-13(9)15-11-6-2-1-5-10(11)12;1-2(3)4/h3-9,14H,10H2,1-2H3,(H,17,19)(H,18,20);1-9H,(H,15,17);2*1-7H,8H2,(H,14,15);1H3,(H,3,4). The molecule has 380 valence electrons. The number of amidine groups is 1. The summed E-state index contributed by atoms with van der Waals surface area (Å²) in [4.78, 5) is 48.4. The van der Waals surface area contributed by atoms with Gasteiger partial charge in [-0.05, 0) is 78.9 Å². The zero-order valence-corrected chi connectivity index (χ0v) is 42.5. The van der Waals surface area contributed by atoms with Gasteiger partial charge in [-0.3, -0.25) is 19.1 Å². The van der Waals surface area contributed by atoms with E-state index in [1.807, 2.05) is 140 Å². The number of aliphatic imine (C=N–C) groups is 1. The average Bonchev–Trinajstić information content (AvgIpc) is 3.64. The van der Waals surface area contributed by atoms with Crippen molar-refractivity contribution >= 4 is 86.4 Å². The molecular weight excluding hydrogens is 977 g/mol. The molecule has 0 unspecified atom stereocenters. The van der Waals surface area contributed by atoms with E-state index in [1.54, 1.807) is 39.0 Å². The largest absolute Gasteiger partial charge is 0.481 e. The molecule has 5 aromatic heterocycles. The van der Waals surface area contributed by atoms with Crippen LogP contribution < -0.4 is 26.6 Å². The minimum absolute atomic E-state index is 0.134. The minimum atomic E-state index is -0.833. The van der Waals surface area contributed by atoms with Crippen LogP contribution in [-0.2, 0) is 27.1 Å². The van der Waals surface area contributed by atoms with Crippen LogP contribution in [-0.4, -0.2) is 84.1 Å². The van der Waals surface area contributed by atoms with Gasteiger partial charge >= 0.3 is 0 Å². The molecule has 18 heteroatoms. The Bertz CT molecular complexity index is 3400. The molecule has 13 rings (SSSR count). The van der Waals surface area contributed by atoms with Crippen LogP contribution in [0.3, 0.4) is 0 Å². The number of anilines is 9. The number of thiocarbonyl (C=S) groups is 1. The summed E-state index contributed by atoms with van der Waals surface area (Å²) >= 11 is 5.46. The molecule has 0 bridgehead atoms. The van der Waals surface area contributed by atoms with Gasteiger partial charge in [0, 0.05) is 115 Å². The van der Waals surface area contributed by atoms with Crippen molar-refractivity contribution in [2.24, 2.45) is 4.99 Å². The first-order valence-electron chi connectivity index (χ1n) is 24.1. The molecule has 6 N–H and O–H groups in total. The van der Waals surface area contributed by atoms with E-state index in [0.717, 1.165) is 121 Å². The van der Waals surface area contributed by atoms with Crippen molar-refractivity contribution in [1.29, 1.82) is 0 Å². The number of benzene rings is 4. The molecule has 0 atom stereocenters. The molecular formula is C58H52N12O5S. The van der Waals surface area contributed by atoms with Gasteiger partial charge in [0.1, 0.15) is 23.3 Å². The Kier molecular flexibility index (Phi) is 16.6. The van der Waals surface area contributed by atoms with E-state index < -0.39 is 5.97 Å². The highest BCUT2D eigenvalue weighted by Crippen LogP contribution is 2.36. The lowest BCUT2D eigenvalue weighted by atomic mass is 10.0. The maximum atomic E-state index is 12.0. The van der Waals surface area contributed by atoms with Gasteiger partial charge in [-0.15, -0.1) is 0 Å². The Balaban J connectivity index is 0.000000122. The fraction of sp³-hybridized carbons (Fsp3) is 0.121. The average molecular weight is 1030 g/mol. The van der Waals surface area contributed by atoms with E-state index in [0.29, 0.717) is 13.0 Å². The molecule has 0 aliphatic carbocycles. The predicted molar refractivity (Wildman–Crippen MR) is 302 cm³/mol. The van der Waals surface area contributed by atoms with E-state index >= 15 is 0 Å². The SMILES string of the molecule is CC(=O)O.COC(CN=C1Nc2cccnc2Nc2ccccc21)OC.O=C1Cc2cccnc2Nc2ccccc21.S=C1Cc2cccnc2Nc2ccccc21.c1ccc2c(c1)Nc1ncccc1-n1ccnc1-2. The van der Waals surface area contributed by atoms with Gasteiger partial charge in [0.25, 0.3) is 5.97 Å². The number of carboxylic acid groups (broad SMARTS) is 1. The number of rotatable bonds is 4. The number of hydrogen-bond acceptors (Lipinski definition) is 15. The second-order valence-electron chi connectivity index (χ2n) is 17.0. The fourth-order valence-corrected chi connectivity index (χ4v) is 8.75. The summed E-state index contributed by atoms with van der Waals surface area (Å²) in [6.45, 7) is 1.49. The van der Waals surface area contributed by atoms with Gasteiger partial charge in [0.2, 0.25) is 0 Å². The Morgan fingerprint density at radius 2 is 1.03 bits per heavy atom. The van der Waals surface area contributed by atoms with Crippen LogP contribution >= 0.6 is 12.2 Å². The third-order valence-corrected chi connectivity index (χ3v) is 12.3. The smallest absolute Gasteiger partial charge is 0.300 e. The zero-order chi connectivity index (χ0) is 52.8. The highest BCUT2D eigenvalue weighted by Gasteiger charge is 2.22. The first kappa shape index (κ1) is 51.4. The molecule has 0 radical (unpaired) electrons. The van der Waals surface area contributed by atoms with Gasteiger partial charge in [0.15, 0.2) is 23.7 Å². The number of nitrogens with zero attached hydrogens (tertiary/aromatic N) is 7. The normalized spacial score (nSPS) is 13.0. The Morgan fingerprint density at radius 1 is 0.566 bits per heavy atom. The predicted octanol–water partition coefficient (Wildman–Crippen LogP) is 11.4. The van der Waals surface area contributed by atoms with Crippen molar-refractivity contribution < 1.29 is 24.2 Å². The van der Waals surface area contributed by atoms with Gasteiger partial charge in [-0.2, -0.15) is 0 Å². The van der Waals surface area contributed by atoms with Crippen LogP contribution in [0.5, 0.6) is 0 Å². The molecule has 4 aliphatic heterocycles. The third-order valence-electron chi connectivity index (χ3n) is 12.0. The van der Waals surface area contributed by atoms with Crippen LogP contribution in [0.15, 0.2) is 188 Å². The molecule has 0 spiro atoms. The molecule has 4 aliphatic rings. The number of carboxylic acids is 1. The van der Waals surface area contributed by atoms with Gasteiger partial charge in [0.05, 0.1) is 35.0 Å². The van der Waals surface area contributed by atoms with Crippen molar-refractivity contribution in [2.45, 2.75) is 26.1 Å². The maximum Gasteiger partial charge on any atom is 0.300 e. The van der Waals surface area contributed by atoms with Gasteiger partial charge < -0.3 is 41.2 Å². The third kappa shape index (κ3) is 12.3. The molecule has 76 heavy (non-hydrogen) atoms. The Labute approximate surface area is 444 Å². The highest BCUT2D eigenvalue weighted by molar-refractivity contribution is 7.80. The number of pyridine rings is 4. The minimum Gasteiger partial charge on any atom is -0.481 e. The quantitative estimate of drug-likeness (QED) is 0.0714. The number of para-hydroxylation sites is 4. The summed E-state index contributed by atoms with van der Waals surface area (Å²) in [5, 5.41) is 24.0. The molecule has 9 aromatic rings. The number of nitrogens with one attached hydrogen (secondary N) is 5. The number of hydrogen-bond donors (Lipinski definition) is 6. The summed E-state index contributed by atoms with van der Waals surface area (Å²) in [6, 6.07) is 47.3. The highest BCUT2D eigenvalue weighted by atomic mass is 32.1. The van der Waals surface area contributed by atoms with Crippen LogP contribution in [0.1, 0.15) is 39.5 Å². The molecule has 0 amide bonds. The summed E-state index contributed by atoms with van der Waals surface area (Å²) in [5.41, 5.74) is 11.8. The van der Waals surface area contributed by atoms with Crippen LogP contribution in [0.2, 0.25) is 0 Å². The topological polar surface area (TPSA) is 215 Å². The van der Waals surface area contributed by atoms with Crippen molar-refractivity contribution in [1.82, 2.24) is 29.5 Å². The van der Waals surface area contributed by atoms with Crippen molar-refractivity contribution in [2.75, 3.05) is 47.3 Å². The number of Topliss-reactive ketones (excluding diaryl/α,β-unsaturated/α-hetero) is 1. The lowest BCUT2D eigenvalue weighted by Crippen LogP contribution is -2.20. The molecule has 4 aromatic carbocycles. The van der Waals surface area contributed by atoms with Crippen LogP contribution in [0.4, 0.5) is 51.7 Å². The number of imidazole rings is 1. The summed E-state index contributed by atoms with van der Waals surface area (Å²) in [5.74, 6) is 4.31. The van der Waals surface area contributed by atoms with Crippen LogP contribution in [0, 0.1) is 0 Å². The Hall–Kier alpha value is -9.49. The zero-order valence-electron chi connectivity index (χ0n) is 41.6. The second-order valence-corrected chi connectivity index (χ2v) is 17.5. The molecule has 9 heterocycles. The number of fused-ring (bicyclic) bond motifs is 11. The van der Waals surface area contributed by atoms with Crippen molar-refractivity contribution in [3.8, 4) is 17.1 Å². The lowest BCUT2D eigenvalue weighted by Gasteiger charge is -2.13. The first-order chi connectivity index (χ1) is 37.2. The maximum absolute atomic E-state index is 12.0. The summed E-state index contributed by atoms with van der Waals surface area (Å²) in [7, 11) is 3.20. The lowest BCUT2D eigenvalue weighted by molar-refractivity contribution is -0.134. The fourth-order valence-electron chi connectivity index (χ4n) is 8.41.